The molecule has 1 fully saturated rings. The lowest BCUT2D eigenvalue weighted by Gasteiger charge is -2.23. The standard InChI is InChI=1S/C12H16N4O3/c1-8-11(5-10(7-14-8)16(18)19)12(17)15-9-3-2-4-13-6-9/h5,7,9,13H,2-4,6H2,1H3,(H,15,17)/t9-/m0/s1. The number of aryl methyl sites for hydroxylation is 1. The first-order valence-electron chi connectivity index (χ1n) is 6.20. The number of nitrogens with one attached hydrogen (secondary N) is 2. The van der Waals surface area contributed by atoms with Crippen molar-refractivity contribution in [2.45, 2.75) is 25.8 Å². The summed E-state index contributed by atoms with van der Waals surface area (Å²) in [4.78, 5) is 26.2. The molecule has 0 saturated carbocycles. The third-order valence-electron chi connectivity index (χ3n) is 3.16. The van der Waals surface area contributed by atoms with Gasteiger partial charge in [0.25, 0.3) is 11.6 Å². The lowest BCUT2D eigenvalue weighted by atomic mass is 10.1. The molecule has 1 aromatic heterocycles. The van der Waals surface area contributed by atoms with Crippen LogP contribution in [0.5, 0.6) is 0 Å². The molecule has 2 N–H and O–H groups in total. The van der Waals surface area contributed by atoms with Gasteiger partial charge in [-0.2, -0.15) is 0 Å². The first kappa shape index (κ1) is 13.4. The molecule has 0 bridgehead atoms. The average molecular weight is 264 g/mol. The number of carbonyl (C=O) groups is 1. The van der Waals surface area contributed by atoms with Gasteiger partial charge < -0.3 is 10.6 Å². The number of amides is 1. The molecule has 102 valence electrons. The van der Waals surface area contributed by atoms with E-state index in [2.05, 4.69) is 15.6 Å². The van der Waals surface area contributed by atoms with Crippen molar-refractivity contribution in [3.63, 3.8) is 0 Å². The van der Waals surface area contributed by atoms with Crippen LogP contribution in [0.2, 0.25) is 0 Å². The van der Waals surface area contributed by atoms with E-state index < -0.39 is 4.92 Å². The van der Waals surface area contributed by atoms with Gasteiger partial charge in [0, 0.05) is 18.7 Å². The molecule has 1 saturated heterocycles. The Morgan fingerprint density at radius 3 is 3.05 bits per heavy atom. The molecule has 1 aliphatic rings. The van der Waals surface area contributed by atoms with Gasteiger partial charge in [0.2, 0.25) is 0 Å². The second-order valence-corrected chi connectivity index (χ2v) is 4.60. The monoisotopic (exact) mass is 264 g/mol. The van der Waals surface area contributed by atoms with E-state index in [1.165, 1.54) is 6.07 Å². The number of piperidine rings is 1. The number of rotatable bonds is 3. The summed E-state index contributed by atoms with van der Waals surface area (Å²) in [7, 11) is 0. The van der Waals surface area contributed by atoms with Crippen molar-refractivity contribution >= 4 is 11.6 Å². The topological polar surface area (TPSA) is 97.2 Å². The number of hydrogen-bond acceptors (Lipinski definition) is 5. The molecule has 1 amide bonds. The molecule has 0 aliphatic carbocycles. The van der Waals surface area contributed by atoms with Crippen molar-refractivity contribution in [2.75, 3.05) is 13.1 Å². The molecule has 0 aromatic carbocycles. The second-order valence-electron chi connectivity index (χ2n) is 4.60. The molecular weight excluding hydrogens is 248 g/mol. The minimum atomic E-state index is -0.550. The Balaban J connectivity index is 2.13. The highest BCUT2D eigenvalue weighted by atomic mass is 16.6. The summed E-state index contributed by atoms with van der Waals surface area (Å²) >= 11 is 0. The minimum absolute atomic E-state index is 0.0694. The van der Waals surface area contributed by atoms with E-state index >= 15 is 0 Å². The molecule has 0 spiro atoms. The highest BCUT2D eigenvalue weighted by Crippen LogP contribution is 2.15. The SMILES string of the molecule is Cc1ncc([N+](=O)[O-])cc1C(=O)N[C@H]1CCCNC1. The Kier molecular flexibility index (Phi) is 4.06. The van der Waals surface area contributed by atoms with Crippen LogP contribution in [0, 0.1) is 17.0 Å². The van der Waals surface area contributed by atoms with E-state index in [0.717, 1.165) is 32.1 Å². The van der Waals surface area contributed by atoms with Crippen LogP contribution < -0.4 is 10.6 Å². The molecular formula is C12H16N4O3. The predicted molar refractivity (Wildman–Crippen MR) is 69.0 cm³/mol. The fourth-order valence-electron chi connectivity index (χ4n) is 2.09. The molecule has 7 nitrogen and oxygen atoms in total. The summed E-state index contributed by atoms with van der Waals surface area (Å²) in [6.45, 7) is 3.36. The Morgan fingerprint density at radius 2 is 2.42 bits per heavy atom. The van der Waals surface area contributed by atoms with Gasteiger partial charge in [-0.25, -0.2) is 0 Å². The van der Waals surface area contributed by atoms with Crippen LogP contribution in [0.15, 0.2) is 12.3 Å². The van der Waals surface area contributed by atoms with Gasteiger partial charge >= 0.3 is 0 Å². The van der Waals surface area contributed by atoms with Crippen molar-refractivity contribution in [1.29, 1.82) is 0 Å². The minimum Gasteiger partial charge on any atom is -0.348 e. The van der Waals surface area contributed by atoms with Crippen LogP contribution in [-0.2, 0) is 0 Å². The molecule has 0 unspecified atom stereocenters. The van der Waals surface area contributed by atoms with E-state index in [4.69, 9.17) is 0 Å². The van der Waals surface area contributed by atoms with Crippen molar-refractivity contribution in [2.24, 2.45) is 0 Å². The summed E-state index contributed by atoms with van der Waals surface area (Å²) in [6, 6.07) is 1.34. The molecule has 1 aliphatic heterocycles. The number of nitro groups is 1. The van der Waals surface area contributed by atoms with Crippen molar-refractivity contribution in [1.82, 2.24) is 15.6 Å². The van der Waals surface area contributed by atoms with Gasteiger partial charge in [-0.05, 0) is 26.3 Å². The smallest absolute Gasteiger partial charge is 0.288 e. The number of nitrogens with zero attached hydrogens (tertiary/aromatic N) is 2. The van der Waals surface area contributed by atoms with Crippen LogP contribution >= 0.6 is 0 Å². The first-order valence-corrected chi connectivity index (χ1v) is 6.20. The first-order chi connectivity index (χ1) is 9.08. The number of hydrogen-bond donors (Lipinski definition) is 2. The van der Waals surface area contributed by atoms with Crippen LogP contribution in [0.1, 0.15) is 28.9 Å². The van der Waals surface area contributed by atoms with Gasteiger partial charge in [-0.15, -0.1) is 0 Å². The van der Waals surface area contributed by atoms with E-state index in [-0.39, 0.29) is 23.2 Å². The van der Waals surface area contributed by atoms with E-state index in [1.54, 1.807) is 6.92 Å². The zero-order chi connectivity index (χ0) is 13.8. The quantitative estimate of drug-likeness (QED) is 0.621. The van der Waals surface area contributed by atoms with Gasteiger partial charge in [0.1, 0.15) is 6.20 Å². The highest BCUT2D eigenvalue weighted by molar-refractivity contribution is 5.95. The largest absolute Gasteiger partial charge is 0.348 e. The van der Waals surface area contributed by atoms with Crippen LogP contribution in [-0.4, -0.2) is 34.9 Å². The number of aromatic nitrogens is 1. The van der Waals surface area contributed by atoms with E-state index in [9.17, 15) is 14.9 Å². The molecule has 0 radical (unpaired) electrons. The molecule has 2 heterocycles. The van der Waals surface area contributed by atoms with Crippen LogP contribution in [0.4, 0.5) is 5.69 Å². The summed E-state index contributed by atoms with van der Waals surface area (Å²) < 4.78 is 0. The van der Waals surface area contributed by atoms with Crippen LogP contribution in [0.3, 0.4) is 0 Å². The Morgan fingerprint density at radius 1 is 1.63 bits per heavy atom. The maximum Gasteiger partial charge on any atom is 0.288 e. The summed E-state index contributed by atoms with van der Waals surface area (Å²) in [5.41, 5.74) is 0.587. The summed E-state index contributed by atoms with van der Waals surface area (Å²) in [6.07, 6.45) is 3.09. The predicted octanol–water partition coefficient (Wildman–Crippen LogP) is 0.780. The Labute approximate surface area is 110 Å². The van der Waals surface area contributed by atoms with Gasteiger partial charge in [0.15, 0.2) is 0 Å². The fraction of sp³-hybridized carbons (Fsp3) is 0.500. The molecule has 1 aromatic rings. The third-order valence-corrected chi connectivity index (χ3v) is 3.16. The van der Waals surface area contributed by atoms with Crippen molar-refractivity contribution < 1.29 is 9.72 Å². The third kappa shape index (κ3) is 3.25. The molecule has 2 rings (SSSR count). The summed E-state index contributed by atoms with van der Waals surface area (Å²) in [5.74, 6) is -0.303. The molecule has 7 heteroatoms. The normalized spacial score (nSPS) is 18.9. The lowest BCUT2D eigenvalue weighted by molar-refractivity contribution is -0.385. The fourth-order valence-corrected chi connectivity index (χ4v) is 2.09. The van der Waals surface area contributed by atoms with Gasteiger partial charge in [-0.3, -0.25) is 19.9 Å². The van der Waals surface area contributed by atoms with Gasteiger partial charge in [0.05, 0.1) is 16.2 Å². The number of carbonyl (C=O) groups excluding carboxylic acids is 1. The zero-order valence-corrected chi connectivity index (χ0v) is 10.7. The van der Waals surface area contributed by atoms with Crippen molar-refractivity contribution in [3.8, 4) is 0 Å². The second kappa shape index (κ2) is 5.75. The van der Waals surface area contributed by atoms with Crippen molar-refractivity contribution in [3.05, 3.63) is 33.6 Å². The molecule has 19 heavy (non-hydrogen) atoms. The average Bonchev–Trinajstić information content (AvgIpc) is 2.40. The lowest BCUT2D eigenvalue weighted by Crippen LogP contribution is -2.45. The number of pyridine rings is 1. The van der Waals surface area contributed by atoms with Gasteiger partial charge in [-0.1, -0.05) is 0 Å². The zero-order valence-electron chi connectivity index (χ0n) is 10.7. The van der Waals surface area contributed by atoms with E-state index in [0.29, 0.717) is 5.69 Å². The highest BCUT2D eigenvalue weighted by Gasteiger charge is 2.20. The molecule has 1 atom stereocenters. The van der Waals surface area contributed by atoms with E-state index in [1.807, 2.05) is 0 Å². The maximum atomic E-state index is 12.1. The summed E-state index contributed by atoms with van der Waals surface area (Å²) in [5, 5.41) is 16.8. The maximum absolute atomic E-state index is 12.1. The Hall–Kier alpha value is -2.02. The Bertz CT molecular complexity index is 498. The van der Waals surface area contributed by atoms with Crippen LogP contribution in [0.25, 0.3) is 0 Å².